The third kappa shape index (κ3) is 4.95. The van der Waals surface area contributed by atoms with Crippen LogP contribution in [0.4, 0.5) is 11.6 Å². The maximum absolute atomic E-state index is 8.86. The summed E-state index contributed by atoms with van der Waals surface area (Å²) >= 11 is 0. The normalized spacial score (nSPS) is 11.7. The molecule has 1 atom stereocenters. The molecule has 0 saturated heterocycles. The molecule has 1 aromatic carbocycles. The molecular weight excluding hydrogens is 354 g/mol. The lowest BCUT2D eigenvalue weighted by Gasteiger charge is -2.16. The lowest BCUT2D eigenvalue weighted by molar-refractivity contribution is 0.311. The number of rotatable bonds is 9. The van der Waals surface area contributed by atoms with Crippen molar-refractivity contribution in [2.45, 2.75) is 12.8 Å². The first-order valence-electron chi connectivity index (χ1n) is 9.21. The van der Waals surface area contributed by atoms with E-state index in [1.165, 1.54) is 0 Å². The van der Waals surface area contributed by atoms with Crippen molar-refractivity contribution in [3.05, 3.63) is 60.6 Å². The van der Waals surface area contributed by atoms with Crippen LogP contribution in [-0.4, -0.2) is 46.9 Å². The van der Waals surface area contributed by atoms with Gasteiger partial charge in [0.15, 0.2) is 0 Å². The second kappa shape index (κ2) is 9.66. The molecule has 0 aliphatic rings. The Kier molecular flexibility index (Phi) is 6.75. The Morgan fingerprint density at radius 1 is 1.04 bits per heavy atom. The van der Waals surface area contributed by atoms with Gasteiger partial charge in [0.1, 0.15) is 23.7 Å². The SMILES string of the molecule is COc1ccccc1[C@H](C)CNc1cc(-c2ccc(NCCO)nc2)ncn1. The summed E-state index contributed by atoms with van der Waals surface area (Å²) in [6, 6.07) is 13.8. The highest BCUT2D eigenvalue weighted by Crippen LogP contribution is 2.26. The fraction of sp³-hybridized carbons (Fsp3) is 0.286. The second-order valence-electron chi connectivity index (χ2n) is 6.39. The van der Waals surface area contributed by atoms with Gasteiger partial charge in [-0.15, -0.1) is 0 Å². The van der Waals surface area contributed by atoms with Crippen molar-refractivity contribution in [3.8, 4) is 17.0 Å². The molecule has 0 spiro atoms. The van der Waals surface area contributed by atoms with Gasteiger partial charge >= 0.3 is 0 Å². The molecule has 2 heterocycles. The summed E-state index contributed by atoms with van der Waals surface area (Å²) in [5.41, 5.74) is 2.85. The molecule has 0 radical (unpaired) electrons. The van der Waals surface area contributed by atoms with Crippen molar-refractivity contribution in [2.24, 2.45) is 0 Å². The summed E-state index contributed by atoms with van der Waals surface area (Å²) in [6.45, 7) is 3.41. The summed E-state index contributed by atoms with van der Waals surface area (Å²) in [4.78, 5) is 13.0. The second-order valence-corrected chi connectivity index (χ2v) is 6.39. The Bertz CT molecular complexity index is 886. The summed E-state index contributed by atoms with van der Waals surface area (Å²) in [6.07, 6.45) is 3.30. The van der Waals surface area contributed by atoms with Crippen LogP contribution in [0, 0.1) is 0 Å². The Morgan fingerprint density at radius 3 is 2.64 bits per heavy atom. The molecule has 2 aromatic heterocycles. The van der Waals surface area contributed by atoms with Crippen LogP contribution in [0.25, 0.3) is 11.3 Å². The number of ether oxygens (including phenoxy) is 1. The lowest BCUT2D eigenvalue weighted by atomic mass is 10.00. The number of nitrogens with zero attached hydrogens (tertiary/aromatic N) is 3. The Morgan fingerprint density at radius 2 is 1.89 bits per heavy atom. The van der Waals surface area contributed by atoms with E-state index in [1.807, 2.05) is 36.4 Å². The predicted octanol–water partition coefficient (Wildman–Crippen LogP) is 3.17. The van der Waals surface area contributed by atoms with E-state index < -0.39 is 0 Å². The summed E-state index contributed by atoms with van der Waals surface area (Å²) in [5, 5.41) is 15.3. The van der Waals surface area contributed by atoms with Gasteiger partial charge in [-0.1, -0.05) is 25.1 Å². The van der Waals surface area contributed by atoms with Crippen LogP contribution < -0.4 is 15.4 Å². The van der Waals surface area contributed by atoms with Crippen LogP contribution >= 0.6 is 0 Å². The molecule has 28 heavy (non-hydrogen) atoms. The van der Waals surface area contributed by atoms with Crippen LogP contribution in [0.3, 0.4) is 0 Å². The van der Waals surface area contributed by atoms with Crippen LogP contribution in [0.5, 0.6) is 5.75 Å². The van der Waals surface area contributed by atoms with Gasteiger partial charge in [-0.25, -0.2) is 15.0 Å². The van der Waals surface area contributed by atoms with Gasteiger partial charge in [0, 0.05) is 36.8 Å². The molecule has 0 bridgehead atoms. The van der Waals surface area contributed by atoms with Crippen LogP contribution in [-0.2, 0) is 0 Å². The van der Waals surface area contributed by atoms with Crippen molar-refractivity contribution in [2.75, 3.05) is 37.4 Å². The first kappa shape index (κ1) is 19.6. The number of para-hydroxylation sites is 1. The van der Waals surface area contributed by atoms with Gasteiger partial charge in [-0.2, -0.15) is 0 Å². The summed E-state index contributed by atoms with van der Waals surface area (Å²) < 4.78 is 5.45. The Balaban J connectivity index is 1.66. The molecule has 0 amide bonds. The number of hydrogen-bond donors (Lipinski definition) is 3. The highest BCUT2D eigenvalue weighted by atomic mass is 16.5. The van der Waals surface area contributed by atoms with Crippen LogP contribution in [0.1, 0.15) is 18.4 Å². The zero-order chi connectivity index (χ0) is 19.8. The first-order valence-corrected chi connectivity index (χ1v) is 9.21. The standard InChI is InChI=1S/C21H25N5O2/c1-15(17-5-3-4-6-19(17)28-2)12-23-21-11-18(25-14-26-21)16-7-8-20(24-13-16)22-9-10-27/h3-8,11,13-15,27H,9-10,12H2,1-2H3,(H,22,24)(H,23,25,26)/t15-/m1/s1. The van der Waals surface area contributed by atoms with Crippen molar-refractivity contribution in [1.29, 1.82) is 0 Å². The molecule has 7 nitrogen and oxygen atoms in total. The van der Waals surface area contributed by atoms with Gasteiger partial charge in [0.2, 0.25) is 0 Å². The predicted molar refractivity (Wildman–Crippen MR) is 111 cm³/mol. The zero-order valence-corrected chi connectivity index (χ0v) is 16.1. The average Bonchev–Trinajstić information content (AvgIpc) is 2.76. The Labute approximate surface area is 164 Å². The maximum atomic E-state index is 8.86. The fourth-order valence-corrected chi connectivity index (χ4v) is 2.89. The number of hydrogen-bond acceptors (Lipinski definition) is 7. The Hall–Kier alpha value is -3.19. The van der Waals surface area contributed by atoms with E-state index in [1.54, 1.807) is 19.6 Å². The first-order chi connectivity index (χ1) is 13.7. The van der Waals surface area contributed by atoms with E-state index in [4.69, 9.17) is 9.84 Å². The number of aromatic nitrogens is 3. The van der Waals surface area contributed by atoms with Crippen molar-refractivity contribution >= 4 is 11.6 Å². The summed E-state index contributed by atoms with van der Waals surface area (Å²) in [5.74, 6) is 2.62. The fourth-order valence-electron chi connectivity index (χ4n) is 2.89. The van der Waals surface area contributed by atoms with Crippen molar-refractivity contribution < 1.29 is 9.84 Å². The lowest BCUT2D eigenvalue weighted by Crippen LogP contribution is -2.12. The van der Waals surface area contributed by atoms with E-state index >= 15 is 0 Å². The molecule has 3 N–H and O–H groups in total. The number of benzene rings is 1. The zero-order valence-electron chi connectivity index (χ0n) is 16.1. The number of aliphatic hydroxyl groups excluding tert-OH is 1. The minimum Gasteiger partial charge on any atom is -0.496 e. The maximum Gasteiger partial charge on any atom is 0.129 e. The van der Waals surface area contributed by atoms with Gasteiger partial charge in [-0.05, 0) is 23.8 Å². The molecule has 3 aromatic rings. The molecule has 0 fully saturated rings. The van der Waals surface area contributed by atoms with E-state index in [0.717, 1.165) is 40.8 Å². The molecule has 7 heteroatoms. The quantitative estimate of drug-likeness (QED) is 0.526. The highest BCUT2D eigenvalue weighted by Gasteiger charge is 2.11. The van der Waals surface area contributed by atoms with E-state index in [0.29, 0.717) is 6.54 Å². The van der Waals surface area contributed by atoms with Crippen molar-refractivity contribution in [3.63, 3.8) is 0 Å². The van der Waals surface area contributed by atoms with Gasteiger partial charge < -0.3 is 20.5 Å². The minimum absolute atomic E-state index is 0.0671. The molecule has 0 aliphatic carbocycles. The third-order valence-electron chi connectivity index (χ3n) is 4.40. The van der Waals surface area contributed by atoms with Crippen LogP contribution in [0.2, 0.25) is 0 Å². The minimum atomic E-state index is 0.0671. The van der Waals surface area contributed by atoms with Gasteiger partial charge in [-0.3, -0.25) is 0 Å². The number of methoxy groups -OCH3 is 1. The van der Waals surface area contributed by atoms with E-state index in [2.05, 4.69) is 38.6 Å². The number of aliphatic hydroxyl groups is 1. The van der Waals surface area contributed by atoms with Crippen molar-refractivity contribution in [1.82, 2.24) is 15.0 Å². The largest absolute Gasteiger partial charge is 0.496 e. The van der Waals surface area contributed by atoms with Gasteiger partial charge in [0.25, 0.3) is 0 Å². The van der Waals surface area contributed by atoms with E-state index in [-0.39, 0.29) is 12.5 Å². The van der Waals surface area contributed by atoms with E-state index in [9.17, 15) is 0 Å². The molecule has 0 aliphatic heterocycles. The molecule has 3 rings (SSSR count). The third-order valence-corrected chi connectivity index (χ3v) is 4.40. The topological polar surface area (TPSA) is 92.2 Å². The summed E-state index contributed by atoms with van der Waals surface area (Å²) in [7, 11) is 1.69. The number of nitrogens with one attached hydrogen (secondary N) is 2. The number of pyridine rings is 1. The molecule has 0 unspecified atom stereocenters. The number of anilines is 2. The van der Waals surface area contributed by atoms with Gasteiger partial charge in [0.05, 0.1) is 19.4 Å². The molecule has 0 saturated carbocycles. The molecular formula is C21H25N5O2. The molecule has 146 valence electrons. The average molecular weight is 379 g/mol. The monoisotopic (exact) mass is 379 g/mol. The smallest absolute Gasteiger partial charge is 0.129 e. The van der Waals surface area contributed by atoms with Crippen LogP contribution in [0.15, 0.2) is 55.0 Å². The highest BCUT2D eigenvalue weighted by molar-refractivity contribution is 5.62.